The van der Waals surface area contributed by atoms with Crippen LogP contribution in [-0.4, -0.2) is 37.2 Å². The van der Waals surface area contributed by atoms with Crippen LogP contribution in [0.25, 0.3) is 0 Å². The van der Waals surface area contributed by atoms with Crippen molar-refractivity contribution in [2.75, 3.05) is 26.1 Å². The van der Waals surface area contributed by atoms with Gasteiger partial charge in [0.1, 0.15) is 0 Å². The standard InChI is InChI=1S/C13H19NO2S/c1-16-9-10(8-15)14-12-6-7-17-13-5-3-2-4-11(12)13/h2-5,10,12,14-15H,6-9H2,1H3. The first-order chi connectivity index (χ1) is 8.35. The molecule has 0 saturated heterocycles. The predicted octanol–water partition coefficient (Wildman–Crippen LogP) is 1.82. The molecular formula is C13H19NO2S. The van der Waals surface area contributed by atoms with E-state index >= 15 is 0 Å². The van der Waals surface area contributed by atoms with Crippen molar-refractivity contribution in [2.45, 2.75) is 23.4 Å². The van der Waals surface area contributed by atoms with Gasteiger partial charge >= 0.3 is 0 Å². The van der Waals surface area contributed by atoms with Crippen molar-refractivity contribution in [1.29, 1.82) is 0 Å². The third-order valence-electron chi connectivity index (χ3n) is 2.98. The maximum Gasteiger partial charge on any atom is 0.0638 e. The largest absolute Gasteiger partial charge is 0.395 e. The monoisotopic (exact) mass is 253 g/mol. The van der Waals surface area contributed by atoms with Gasteiger partial charge in [0, 0.05) is 18.0 Å². The zero-order valence-corrected chi connectivity index (χ0v) is 10.9. The van der Waals surface area contributed by atoms with Crippen molar-refractivity contribution < 1.29 is 9.84 Å². The molecule has 94 valence electrons. The van der Waals surface area contributed by atoms with Crippen molar-refractivity contribution in [2.24, 2.45) is 0 Å². The first-order valence-corrected chi connectivity index (χ1v) is 6.91. The number of aliphatic hydroxyl groups is 1. The fraction of sp³-hybridized carbons (Fsp3) is 0.538. The maximum absolute atomic E-state index is 9.29. The molecule has 0 aliphatic carbocycles. The van der Waals surface area contributed by atoms with E-state index in [1.54, 1.807) is 7.11 Å². The topological polar surface area (TPSA) is 41.5 Å². The fourth-order valence-electron chi connectivity index (χ4n) is 2.15. The van der Waals surface area contributed by atoms with Crippen LogP contribution in [0.1, 0.15) is 18.0 Å². The first-order valence-electron chi connectivity index (χ1n) is 5.92. The maximum atomic E-state index is 9.29. The highest BCUT2D eigenvalue weighted by Crippen LogP contribution is 2.35. The molecule has 17 heavy (non-hydrogen) atoms. The van der Waals surface area contributed by atoms with E-state index in [2.05, 4.69) is 29.6 Å². The Labute approximate surface area is 107 Å². The normalized spacial score (nSPS) is 20.9. The SMILES string of the molecule is COCC(CO)NC1CCSc2ccccc21. The zero-order chi connectivity index (χ0) is 12.1. The number of thioether (sulfide) groups is 1. The minimum atomic E-state index is 0.0150. The summed E-state index contributed by atoms with van der Waals surface area (Å²) < 4.78 is 5.10. The number of benzene rings is 1. The van der Waals surface area contributed by atoms with E-state index in [1.165, 1.54) is 10.5 Å². The predicted molar refractivity (Wildman–Crippen MR) is 70.4 cm³/mol. The molecule has 2 rings (SSSR count). The fourth-order valence-corrected chi connectivity index (χ4v) is 3.28. The lowest BCUT2D eigenvalue weighted by atomic mass is 10.0. The molecule has 2 atom stereocenters. The summed E-state index contributed by atoms with van der Waals surface area (Å²) in [6.45, 7) is 0.655. The zero-order valence-electron chi connectivity index (χ0n) is 10.1. The van der Waals surface area contributed by atoms with E-state index in [0.29, 0.717) is 12.6 Å². The van der Waals surface area contributed by atoms with Crippen molar-refractivity contribution in [1.82, 2.24) is 5.32 Å². The minimum absolute atomic E-state index is 0.0150. The molecule has 3 nitrogen and oxygen atoms in total. The number of fused-ring (bicyclic) bond motifs is 1. The average Bonchev–Trinajstić information content (AvgIpc) is 2.38. The summed E-state index contributed by atoms with van der Waals surface area (Å²) >= 11 is 1.91. The van der Waals surface area contributed by atoms with Crippen LogP contribution in [0.4, 0.5) is 0 Å². The van der Waals surface area contributed by atoms with Gasteiger partial charge in [0.15, 0.2) is 0 Å². The molecule has 4 heteroatoms. The van der Waals surface area contributed by atoms with Crippen LogP contribution in [0.15, 0.2) is 29.2 Å². The molecule has 2 N–H and O–H groups in total. The van der Waals surface area contributed by atoms with Gasteiger partial charge < -0.3 is 15.2 Å². The summed E-state index contributed by atoms with van der Waals surface area (Å²) in [5, 5.41) is 12.8. The molecule has 2 unspecified atom stereocenters. The molecule has 0 fully saturated rings. The number of methoxy groups -OCH3 is 1. The Bertz CT molecular complexity index is 359. The minimum Gasteiger partial charge on any atom is -0.395 e. The third kappa shape index (κ3) is 3.22. The van der Waals surface area contributed by atoms with E-state index in [0.717, 1.165) is 12.2 Å². The van der Waals surface area contributed by atoms with Gasteiger partial charge in [-0.15, -0.1) is 11.8 Å². The molecule has 1 aromatic rings. The number of ether oxygens (including phenoxy) is 1. The van der Waals surface area contributed by atoms with Gasteiger partial charge in [-0.05, 0) is 23.8 Å². The van der Waals surface area contributed by atoms with E-state index < -0.39 is 0 Å². The second-order valence-corrected chi connectivity index (χ2v) is 5.37. The van der Waals surface area contributed by atoms with Gasteiger partial charge in [-0.3, -0.25) is 0 Å². The Hall–Kier alpha value is -0.550. The Morgan fingerprint density at radius 1 is 1.53 bits per heavy atom. The van der Waals surface area contributed by atoms with Crippen molar-refractivity contribution >= 4 is 11.8 Å². The second-order valence-electron chi connectivity index (χ2n) is 4.23. The molecule has 1 heterocycles. The highest BCUT2D eigenvalue weighted by atomic mass is 32.2. The highest BCUT2D eigenvalue weighted by molar-refractivity contribution is 7.99. The Kier molecular flexibility index (Phi) is 4.86. The lowest BCUT2D eigenvalue weighted by Gasteiger charge is -2.29. The van der Waals surface area contributed by atoms with Crippen molar-refractivity contribution in [3.8, 4) is 0 Å². The molecule has 1 aromatic carbocycles. The average molecular weight is 253 g/mol. The smallest absolute Gasteiger partial charge is 0.0638 e. The van der Waals surface area contributed by atoms with Gasteiger partial charge in [-0.1, -0.05) is 18.2 Å². The van der Waals surface area contributed by atoms with Crippen molar-refractivity contribution in [3.63, 3.8) is 0 Å². The van der Waals surface area contributed by atoms with Gasteiger partial charge in [-0.2, -0.15) is 0 Å². The van der Waals surface area contributed by atoms with Crippen molar-refractivity contribution in [3.05, 3.63) is 29.8 Å². The number of nitrogens with one attached hydrogen (secondary N) is 1. The number of rotatable bonds is 5. The van der Waals surface area contributed by atoms with Gasteiger partial charge in [-0.25, -0.2) is 0 Å². The third-order valence-corrected chi connectivity index (χ3v) is 4.11. The molecule has 0 bridgehead atoms. The summed E-state index contributed by atoms with van der Waals surface area (Å²) in [6, 6.07) is 8.83. The molecule has 1 aliphatic rings. The Morgan fingerprint density at radius 3 is 3.12 bits per heavy atom. The van der Waals surface area contributed by atoms with Gasteiger partial charge in [0.05, 0.1) is 19.3 Å². The Morgan fingerprint density at radius 2 is 2.35 bits per heavy atom. The number of hydrogen-bond acceptors (Lipinski definition) is 4. The summed E-state index contributed by atoms with van der Waals surface area (Å²) in [5.74, 6) is 1.12. The van der Waals surface area contributed by atoms with E-state index in [9.17, 15) is 5.11 Å². The van der Waals surface area contributed by atoms with Gasteiger partial charge in [0.2, 0.25) is 0 Å². The number of aliphatic hydroxyl groups excluding tert-OH is 1. The van der Waals surface area contributed by atoms with Crippen LogP contribution in [-0.2, 0) is 4.74 Å². The molecule has 0 amide bonds. The summed E-state index contributed by atoms with van der Waals surface area (Å²) in [5.41, 5.74) is 1.35. The van der Waals surface area contributed by atoms with Crippen LogP contribution in [0, 0.1) is 0 Å². The quantitative estimate of drug-likeness (QED) is 0.840. The first kappa shape index (κ1) is 12.9. The highest BCUT2D eigenvalue weighted by Gasteiger charge is 2.22. The lowest BCUT2D eigenvalue weighted by molar-refractivity contribution is 0.121. The molecular weight excluding hydrogens is 234 g/mol. The lowest BCUT2D eigenvalue weighted by Crippen LogP contribution is -2.40. The number of hydrogen-bond donors (Lipinski definition) is 2. The summed E-state index contributed by atoms with van der Waals surface area (Å²) in [7, 11) is 1.66. The van der Waals surface area contributed by atoms with Crippen LogP contribution < -0.4 is 5.32 Å². The van der Waals surface area contributed by atoms with Crippen LogP contribution in [0.2, 0.25) is 0 Å². The van der Waals surface area contributed by atoms with Crippen LogP contribution in [0.5, 0.6) is 0 Å². The van der Waals surface area contributed by atoms with E-state index in [1.807, 2.05) is 11.8 Å². The summed E-state index contributed by atoms with van der Waals surface area (Å²) in [6.07, 6.45) is 1.10. The summed E-state index contributed by atoms with van der Waals surface area (Å²) in [4.78, 5) is 1.35. The van der Waals surface area contributed by atoms with E-state index in [-0.39, 0.29) is 12.6 Å². The second kappa shape index (κ2) is 6.40. The molecule has 0 radical (unpaired) electrons. The van der Waals surface area contributed by atoms with Crippen LogP contribution >= 0.6 is 11.8 Å². The Balaban J connectivity index is 2.07. The van der Waals surface area contributed by atoms with Gasteiger partial charge in [0.25, 0.3) is 0 Å². The molecule has 0 aromatic heterocycles. The van der Waals surface area contributed by atoms with Crippen LogP contribution in [0.3, 0.4) is 0 Å². The van der Waals surface area contributed by atoms with E-state index in [4.69, 9.17) is 4.74 Å². The molecule has 0 spiro atoms. The molecule has 1 aliphatic heterocycles. The molecule has 0 saturated carbocycles.